The van der Waals surface area contributed by atoms with E-state index in [0.717, 1.165) is 46.0 Å². The molecule has 4 aromatic rings. The standard InChI is InChI=1S/C33H29FN2O6/c1-20(41-18-21-9-3-2-4-10-21)30(31(37)35-29-16-15-22(34)17-27(29)32(38)39)36-33(40)42-19-28-25-13-7-5-11-23(25)24-12-6-8-14-26(24)28/h2-17,20,28,30H,18-19H2,1H3,(H,35,37)(H,36,40)(H,38,39)/t20-,30+/m0/s1. The first kappa shape index (κ1) is 28.5. The van der Waals surface area contributed by atoms with Crippen molar-refractivity contribution in [2.75, 3.05) is 11.9 Å². The van der Waals surface area contributed by atoms with Gasteiger partial charge in [0.1, 0.15) is 18.5 Å². The van der Waals surface area contributed by atoms with E-state index in [-0.39, 0.29) is 24.8 Å². The van der Waals surface area contributed by atoms with E-state index in [9.17, 15) is 23.9 Å². The molecule has 0 aliphatic heterocycles. The number of alkyl carbamates (subject to hydrolysis) is 1. The smallest absolute Gasteiger partial charge is 0.407 e. The molecule has 3 N–H and O–H groups in total. The van der Waals surface area contributed by atoms with Crippen molar-refractivity contribution < 1.29 is 33.4 Å². The molecule has 42 heavy (non-hydrogen) atoms. The Bertz CT molecular complexity index is 1560. The number of anilines is 1. The second-order valence-corrected chi connectivity index (χ2v) is 9.93. The van der Waals surface area contributed by atoms with E-state index in [4.69, 9.17) is 9.47 Å². The van der Waals surface area contributed by atoms with E-state index in [0.29, 0.717) is 0 Å². The normalized spacial score (nSPS) is 13.4. The highest BCUT2D eigenvalue weighted by Gasteiger charge is 2.32. The van der Waals surface area contributed by atoms with Crippen molar-refractivity contribution >= 4 is 23.7 Å². The lowest BCUT2D eigenvalue weighted by Gasteiger charge is -2.25. The molecule has 2 atom stereocenters. The van der Waals surface area contributed by atoms with Crippen molar-refractivity contribution in [3.05, 3.63) is 125 Å². The Morgan fingerprint density at radius 3 is 2.14 bits per heavy atom. The summed E-state index contributed by atoms with van der Waals surface area (Å²) in [6.45, 7) is 1.81. The van der Waals surface area contributed by atoms with Crippen molar-refractivity contribution in [2.45, 2.75) is 31.6 Å². The van der Waals surface area contributed by atoms with Crippen LogP contribution in [0.15, 0.2) is 97.1 Å². The molecule has 0 spiro atoms. The zero-order chi connectivity index (χ0) is 29.6. The summed E-state index contributed by atoms with van der Waals surface area (Å²) >= 11 is 0. The topological polar surface area (TPSA) is 114 Å². The largest absolute Gasteiger partial charge is 0.478 e. The fourth-order valence-corrected chi connectivity index (χ4v) is 5.07. The molecule has 0 saturated carbocycles. The number of fused-ring (bicyclic) bond motifs is 3. The summed E-state index contributed by atoms with van der Waals surface area (Å²) in [5, 5.41) is 14.6. The van der Waals surface area contributed by atoms with E-state index in [1.165, 1.54) is 0 Å². The maximum absolute atomic E-state index is 13.7. The molecule has 0 bridgehead atoms. The Morgan fingerprint density at radius 1 is 0.881 bits per heavy atom. The van der Waals surface area contributed by atoms with Gasteiger partial charge in [-0.15, -0.1) is 0 Å². The van der Waals surface area contributed by atoms with Gasteiger partial charge in [-0.2, -0.15) is 0 Å². The van der Waals surface area contributed by atoms with Gasteiger partial charge < -0.3 is 25.2 Å². The Labute approximate surface area is 242 Å². The van der Waals surface area contributed by atoms with Gasteiger partial charge in [0, 0.05) is 5.92 Å². The van der Waals surface area contributed by atoms with Crippen LogP contribution in [-0.4, -0.2) is 41.8 Å². The number of ether oxygens (including phenoxy) is 2. The fourth-order valence-electron chi connectivity index (χ4n) is 5.07. The SMILES string of the molecule is C[C@H](OCc1ccccc1)[C@@H](NC(=O)OCC1c2ccccc2-c2ccccc21)C(=O)Nc1ccc(F)cc1C(=O)O. The number of hydrogen-bond donors (Lipinski definition) is 3. The number of carbonyl (C=O) groups excluding carboxylic acids is 2. The van der Waals surface area contributed by atoms with E-state index < -0.39 is 41.5 Å². The summed E-state index contributed by atoms with van der Waals surface area (Å²) in [7, 11) is 0. The molecule has 1 aliphatic carbocycles. The molecule has 0 aromatic heterocycles. The number of aromatic carboxylic acids is 1. The van der Waals surface area contributed by atoms with Crippen molar-refractivity contribution in [1.29, 1.82) is 0 Å². The third kappa shape index (κ3) is 6.31. The van der Waals surface area contributed by atoms with E-state index in [1.807, 2.05) is 78.9 Å². The number of carbonyl (C=O) groups is 3. The van der Waals surface area contributed by atoms with Crippen LogP contribution in [-0.2, 0) is 20.9 Å². The lowest BCUT2D eigenvalue weighted by atomic mass is 9.98. The molecule has 0 heterocycles. The van der Waals surface area contributed by atoms with Gasteiger partial charge in [-0.25, -0.2) is 14.0 Å². The molecule has 2 amide bonds. The highest BCUT2D eigenvalue weighted by Crippen LogP contribution is 2.44. The number of carboxylic acid groups (broad SMARTS) is 1. The fraction of sp³-hybridized carbons (Fsp3) is 0.182. The molecule has 0 fully saturated rings. The summed E-state index contributed by atoms with van der Waals surface area (Å²) in [5.74, 6) is -3.12. The van der Waals surface area contributed by atoms with Crippen LogP contribution in [0.4, 0.5) is 14.9 Å². The number of benzene rings is 4. The van der Waals surface area contributed by atoms with Crippen LogP contribution in [0.1, 0.15) is 39.9 Å². The Balaban J connectivity index is 1.32. The molecule has 8 nitrogen and oxygen atoms in total. The molecule has 9 heteroatoms. The summed E-state index contributed by atoms with van der Waals surface area (Å²) in [6, 6.07) is 26.9. The Hall–Kier alpha value is -5.02. The van der Waals surface area contributed by atoms with Gasteiger partial charge in [-0.1, -0.05) is 78.9 Å². The van der Waals surface area contributed by atoms with Gasteiger partial charge in [0.05, 0.1) is 24.0 Å². The number of halogens is 1. The maximum atomic E-state index is 13.7. The molecule has 5 rings (SSSR count). The first-order valence-corrected chi connectivity index (χ1v) is 13.4. The average molecular weight is 569 g/mol. The Kier molecular flexibility index (Phi) is 8.59. The molecule has 0 saturated heterocycles. The molecule has 1 aliphatic rings. The van der Waals surface area contributed by atoms with Crippen LogP contribution >= 0.6 is 0 Å². The van der Waals surface area contributed by atoms with Crippen LogP contribution in [0.3, 0.4) is 0 Å². The number of amides is 2. The zero-order valence-corrected chi connectivity index (χ0v) is 22.8. The van der Waals surface area contributed by atoms with Gasteiger partial charge >= 0.3 is 12.1 Å². The number of rotatable bonds is 10. The van der Waals surface area contributed by atoms with Crippen LogP contribution in [0.5, 0.6) is 0 Å². The molecular formula is C33H29FN2O6. The Morgan fingerprint density at radius 2 is 1.50 bits per heavy atom. The average Bonchev–Trinajstić information content (AvgIpc) is 3.32. The number of nitrogens with one attached hydrogen (secondary N) is 2. The highest BCUT2D eigenvalue weighted by atomic mass is 19.1. The number of hydrogen-bond acceptors (Lipinski definition) is 5. The van der Waals surface area contributed by atoms with Crippen LogP contribution in [0.2, 0.25) is 0 Å². The quantitative estimate of drug-likeness (QED) is 0.217. The first-order valence-electron chi connectivity index (χ1n) is 13.4. The van der Waals surface area contributed by atoms with Crippen molar-refractivity contribution in [1.82, 2.24) is 5.32 Å². The molecule has 0 unspecified atom stereocenters. The second kappa shape index (κ2) is 12.7. The van der Waals surface area contributed by atoms with E-state index in [1.54, 1.807) is 6.92 Å². The van der Waals surface area contributed by atoms with Crippen molar-refractivity contribution in [2.24, 2.45) is 0 Å². The minimum atomic E-state index is -1.42. The second-order valence-electron chi connectivity index (χ2n) is 9.93. The molecular weight excluding hydrogens is 539 g/mol. The lowest BCUT2D eigenvalue weighted by Crippen LogP contribution is -2.51. The molecule has 214 valence electrons. The predicted octanol–water partition coefficient (Wildman–Crippen LogP) is 5.98. The van der Waals surface area contributed by atoms with E-state index in [2.05, 4.69) is 10.6 Å². The molecule has 0 radical (unpaired) electrons. The highest BCUT2D eigenvalue weighted by molar-refractivity contribution is 6.03. The van der Waals surface area contributed by atoms with Crippen LogP contribution in [0.25, 0.3) is 11.1 Å². The summed E-state index contributed by atoms with van der Waals surface area (Å²) in [5.41, 5.74) is 4.54. The monoisotopic (exact) mass is 568 g/mol. The van der Waals surface area contributed by atoms with E-state index >= 15 is 0 Å². The maximum Gasteiger partial charge on any atom is 0.407 e. The van der Waals surface area contributed by atoms with Crippen LogP contribution < -0.4 is 10.6 Å². The zero-order valence-electron chi connectivity index (χ0n) is 22.8. The third-order valence-corrected chi connectivity index (χ3v) is 7.19. The van der Waals surface area contributed by atoms with Crippen molar-refractivity contribution in [3.63, 3.8) is 0 Å². The summed E-state index contributed by atoms with van der Waals surface area (Å²) in [4.78, 5) is 38.1. The van der Waals surface area contributed by atoms with Crippen LogP contribution in [0, 0.1) is 5.82 Å². The summed E-state index contributed by atoms with van der Waals surface area (Å²) < 4.78 is 25.2. The minimum Gasteiger partial charge on any atom is -0.478 e. The minimum absolute atomic E-state index is 0.0363. The van der Waals surface area contributed by atoms with Gasteiger partial charge in [0.15, 0.2) is 0 Å². The van der Waals surface area contributed by atoms with Gasteiger partial charge in [0.2, 0.25) is 5.91 Å². The predicted molar refractivity (Wildman–Crippen MR) is 155 cm³/mol. The van der Waals surface area contributed by atoms with Gasteiger partial charge in [-0.3, -0.25) is 4.79 Å². The van der Waals surface area contributed by atoms with Crippen molar-refractivity contribution in [3.8, 4) is 11.1 Å². The summed E-state index contributed by atoms with van der Waals surface area (Å²) in [6.07, 6.45) is -1.69. The van der Waals surface area contributed by atoms with Gasteiger partial charge in [-0.05, 0) is 52.9 Å². The molecule has 4 aromatic carbocycles. The first-order chi connectivity index (χ1) is 20.3. The van der Waals surface area contributed by atoms with Gasteiger partial charge in [0.25, 0.3) is 0 Å². The number of carboxylic acids is 1. The lowest BCUT2D eigenvalue weighted by molar-refractivity contribution is -0.121. The third-order valence-electron chi connectivity index (χ3n) is 7.19.